The number of urea groups is 1. The molecule has 29 heavy (non-hydrogen) atoms. The lowest BCUT2D eigenvalue weighted by Crippen LogP contribution is -2.36. The predicted octanol–water partition coefficient (Wildman–Crippen LogP) is 3.73. The molecule has 6 nitrogen and oxygen atoms in total. The van der Waals surface area contributed by atoms with Gasteiger partial charge in [-0.1, -0.05) is 23.7 Å². The van der Waals surface area contributed by atoms with Crippen LogP contribution in [-0.4, -0.2) is 33.5 Å². The monoisotopic (exact) mass is 417 g/mol. The molecule has 2 aromatic carbocycles. The molecule has 1 atom stereocenters. The number of H-pyrrole nitrogens is 1. The van der Waals surface area contributed by atoms with Crippen molar-refractivity contribution in [3.8, 4) is 0 Å². The van der Waals surface area contributed by atoms with E-state index in [2.05, 4.69) is 10.3 Å². The zero-order valence-corrected chi connectivity index (χ0v) is 15.5. The molecule has 4 rings (SSSR count). The molecule has 0 radical (unpaired) electrons. The zero-order valence-electron chi connectivity index (χ0n) is 14.7. The van der Waals surface area contributed by atoms with E-state index in [4.69, 9.17) is 11.6 Å². The van der Waals surface area contributed by atoms with E-state index < -0.39 is 36.2 Å². The highest BCUT2D eigenvalue weighted by molar-refractivity contribution is 6.31. The van der Waals surface area contributed by atoms with Gasteiger partial charge in [-0.05, 0) is 35.9 Å². The van der Waals surface area contributed by atoms with E-state index in [9.17, 15) is 23.5 Å². The van der Waals surface area contributed by atoms with Gasteiger partial charge in [-0.25, -0.2) is 18.5 Å². The van der Waals surface area contributed by atoms with Crippen molar-refractivity contribution >= 4 is 40.5 Å². The maximum absolute atomic E-state index is 13.6. The van der Waals surface area contributed by atoms with Crippen molar-refractivity contribution in [2.24, 2.45) is 0 Å². The Bertz CT molecular complexity index is 1170. The number of hydrogen-bond donors (Lipinski definition) is 3. The molecule has 3 amide bonds. The lowest BCUT2D eigenvalue weighted by molar-refractivity contribution is -0.125. The Kier molecular flexibility index (Phi) is 4.81. The Hall–Kier alpha value is -3.23. The second kappa shape index (κ2) is 7.31. The minimum Gasteiger partial charge on any atom is -0.394 e. The van der Waals surface area contributed by atoms with Crippen LogP contribution in [0.2, 0.25) is 5.02 Å². The normalized spacial score (nSPS) is 16.7. The fourth-order valence-corrected chi connectivity index (χ4v) is 3.46. The maximum atomic E-state index is 13.6. The molecule has 3 N–H and O–H groups in total. The van der Waals surface area contributed by atoms with Crippen LogP contribution < -0.4 is 5.32 Å². The molecular formula is C20H14ClF2N3O3. The number of carbonyl (C=O) groups excluding carboxylic acids is 2. The molecule has 0 saturated carbocycles. The van der Waals surface area contributed by atoms with Crippen LogP contribution in [0.4, 0.5) is 13.6 Å². The van der Waals surface area contributed by atoms with Crippen molar-refractivity contribution in [2.45, 2.75) is 6.04 Å². The summed E-state index contributed by atoms with van der Waals surface area (Å²) in [5.41, 5.74) is 1.49. The minimum atomic E-state index is -1.16. The van der Waals surface area contributed by atoms with Crippen LogP contribution in [0, 0.1) is 11.6 Å². The molecule has 3 aromatic rings. The summed E-state index contributed by atoms with van der Waals surface area (Å²) in [6, 6.07) is 6.21. The topological polar surface area (TPSA) is 85.4 Å². The van der Waals surface area contributed by atoms with Crippen molar-refractivity contribution in [3.05, 3.63) is 76.1 Å². The fourth-order valence-electron chi connectivity index (χ4n) is 3.28. The molecule has 0 bridgehead atoms. The van der Waals surface area contributed by atoms with Crippen molar-refractivity contribution in [1.29, 1.82) is 0 Å². The highest BCUT2D eigenvalue weighted by atomic mass is 35.5. The van der Waals surface area contributed by atoms with Gasteiger partial charge in [0.2, 0.25) is 0 Å². The number of rotatable bonds is 4. The number of aromatic nitrogens is 1. The Labute approximate surface area is 168 Å². The second-order valence-electron chi connectivity index (χ2n) is 6.47. The number of hydrogen-bond acceptors (Lipinski definition) is 3. The average molecular weight is 418 g/mol. The van der Waals surface area contributed by atoms with Gasteiger partial charge in [-0.2, -0.15) is 0 Å². The second-order valence-corrected chi connectivity index (χ2v) is 6.91. The third-order valence-electron chi connectivity index (χ3n) is 4.70. The van der Waals surface area contributed by atoms with E-state index in [0.717, 1.165) is 27.9 Å². The van der Waals surface area contributed by atoms with E-state index >= 15 is 0 Å². The van der Waals surface area contributed by atoms with E-state index in [-0.39, 0.29) is 11.3 Å². The predicted molar refractivity (Wildman–Crippen MR) is 103 cm³/mol. The average Bonchev–Trinajstić information content (AvgIpc) is 3.20. The van der Waals surface area contributed by atoms with E-state index in [0.29, 0.717) is 10.6 Å². The summed E-state index contributed by atoms with van der Waals surface area (Å²) in [4.78, 5) is 29.0. The summed E-state index contributed by atoms with van der Waals surface area (Å²) in [5, 5.41) is 13.5. The number of nitrogens with zero attached hydrogens (tertiary/aromatic N) is 1. The Morgan fingerprint density at radius 2 is 1.93 bits per heavy atom. The van der Waals surface area contributed by atoms with Crippen molar-refractivity contribution in [2.75, 3.05) is 6.61 Å². The summed E-state index contributed by atoms with van der Waals surface area (Å²) in [6.07, 6.45) is 3.15. The molecule has 1 aromatic heterocycles. The standard InChI is InChI=1S/C20H14ClF2N3O3/c21-12-2-3-13-11(8-24-16(13)7-12)6-17-19(28)26(20(29)25-17)18(9-27)10-1-4-14(22)15(23)5-10/h1-8,18,24,27H,9H2,(H,25,29)/b17-6-. The number of imide groups is 1. The first-order valence-electron chi connectivity index (χ1n) is 8.57. The van der Waals surface area contributed by atoms with Crippen LogP contribution in [-0.2, 0) is 4.79 Å². The number of aliphatic hydroxyl groups is 1. The smallest absolute Gasteiger partial charge is 0.329 e. The van der Waals surface area contributed by atoms with Gasteiger partial charge in [0, 0.05) is 27.7 Å². The van der Waals surface area contributed by atoms with Crippen molar-refractivity contribution in [3.63, 3.8) is 0 Å². The molecule has 1 fully saturated rings. The van der Waals surface area contributed by atoms with Crippen molar-refractivity contribution < 1.29 is 23.5 Å². The molecule has 1 aliphatic heterocycles. The van der Waals surface area contributed by atoms with Gasteiger partial charge in [0.1, 0.15) is 5.70 Å². The van der Waals surface area contributed by atoms with Gasteiger partial charge in [0.25, 0.3) is 5.91 Å². The molecule has 9 heteroatoms. The first kappa shape index (κ1) is 19.1. The zero-order chi connectivity index (χ0) is 20.7. The molecule has 1 aliphatic rings. The number of benzene rings is 2. The highest BCUT2D eigenvalue weighted by Crippen LogP contribution is 2.29. The van der Waals surface area contributed by atoms with Gasteiger partial charge in [-0.15, -0.1) is 0 Å². The molecule has 1 saturated heterocycles. The molecule has 1 unspecified atom stereocenters. The summed E-state index contributed by atoms with van der Waals surface area (Å²) in [5.74, 6) is -2.90. The van der Waals surface area contributed by atoms with Crippen molar-refractivity contribution in [1.82, 2.24) is 15.2 Å². The fraction of sp³-hybridized carbons (Fsp3) is 0.100. The Balaban J connectivity index is 1.68. The third kappa shape index (κ3) is 3.37. The van der Waals surface area contributed by atoms with Crippen LogP contribution in [0.1, 0.15) is 17.2 Å². The van der Waals surface area contributed by atoms with Crippen LogP contribution in [0.25, 0.3) is 17.0 Å². The number of aliphatic hydroxyl groups excluding tert-OH is 1. The molecule has 148 valence electrons. The number of aromatic amines is 1. The molecule has 0 spiro atoms. The van der Waals surface area contributed by atoms with Gasteiger partial charge < -0.3 is 15.4 Å². The molecule has 2 heterocycles. The lowest BCUT2D eigenvalue weighted by Gasteiger charge is -2.23. The minimum absolute atomic E-state index is 0.00752. The SMILES string of the molecule is O=C1N/C(=C\c2c[nH]c3cc(Cl)ccc23)C(=O)N1C(CO)c1ccc(F)c(F)c1. The summed E-state index contributed by atoms with van der Waals surface area (Å²) < 4.78 is 26.8. The van der Waals surface area contributed by atoms with Gasteiger partial charge >= 0.3 is 6.03 Å². The van der Waals surface area contributed by atoms with E-state index in [1.165, 1.54) is 12.1 Å². The summed E-state index contributed by atoms with van der Waals surface area (Å²) in [7, 11) is 0. The number of carbonyl (C=O) groups is 2. The largest absolute Gasteiger partial charge is 0.394 e. The number of halogens is 3. The number of nitrogens with one attached hydrogen (secondary N) is 2. The van der Waals surface area contributed by atoms with Gasteiger partial charge in [0.15, 0.2) is 11.6 Å². The Morgan fingerprint density at radius 3 is 2.66 bits per heavy atom. The molecule has 0 aliphatic carbocycles. The first-order valence-corrected chi connectivity index (χ1v) is 8.95. The lowest BCUT2D eigenvalue weighted by atomic mass is 10.1. The van der Waals surface area contributed by atoms with Crippen LogP contribution in [0.15, 0.2) is 48.3 Å². The van der Waals surface area contributed by atoms with Gasteiger partial charge in [-0.3, -0.25) is 4.79 Å². The van der Waals surface area contributed by atoms with E-state index in [1.807, 2.05) is 0 Å². The highest BCUT2D eigenvalue weighted by Gasteiger charge is 2.39. The number of fused-ring (bicyclic) bond motifs is 1. The maximum Gasteiger partial charge on any atom is 0.329 e. The summed E-state index contributed by atoms with van der Waals surface area (Å²) >= 11 is 5.96. The number of amides is 3. The third-order valence-corrected chi connectivity index (χ3v) is 4.93. The summed E-state index contributed by atoms with van der Waals surface area (Å²) in [6.45, 7) is -0.650. The quantitative estimate of drug-likeness (QED) is 0.446. The van der Waals surface area contributed by atoms with Crippen LogP contribution in [0.5, 0.6) is 0 Å². The Morgan fingerprint density at radius 1 is 1.14 bits per heavy atom. The first-order chi connectivity index (χ1) is 13.9. The van der Waals surface area contributed by atoms with Gasteiger partial charge in [0.05, 0.1) is 12.6 Å². The van der Waals surface area contributed by atoms with Crippen LogP contribution in [0.3, 0.4) is 0 Å². The van der Waals surface area contributed by atoms with Crippen LogP contribution >= 0.6 is 11.6 Å². The van der Waals surface area contributed by atoms with E-state index in [1.54, 1.807) is 24.4 Å². The molecular weight excluding hydrogens is 404 g/mol.